The van der Waals surface area contributed by atoms with Crippen molar-refractivity contribution >= 4 is 33.6 Å². The van der Waals surface area contributed by atoms with Gasteiger partial charge in [0.05, 0.1) is 10.7 Å². The Morgan fingerprint density at radius 1 is 1.53 bits per heavy atom. The van der Waals surface area contributed by atoms with Crippen LogP contribution in [-0.2, 0) is 5.75 Å². The summed E-state index contributed by atoms with van der Waals surface area (Å²) >= 11 is 3.50. The van der Waals surface area contributed by atoms with Crippen LogP contribution in [-0.4, -0.2) is 33.2 Å². The highest BCUT2D eigenvalue weighted by molar-refractivity contribution is 8.38. The Morgan fingerprint density at radius 3 is 2.94 bits per heavy atom. The van der Waals surface area contributed by atoms with Gasteiger partial charge in [-0.15, -0.1) is 0 Å². The molecular formula is C11H13N2O2S2+. The van der Waals surface area contributed by atoms with Crippen LogP contribution in [0.5, 0.6) is 0 Å². The fourth-order valence-electron chi connectivity index (χ4n) is 1.57. The summed E-state index contributed by atoms with van der Waals surface area (Å²) < 4.78 is 3.45. The van der Waals surface area contributed by atoms with Crippen molar-refractivity contribution in [2.45, 2.75) is 5.75 Å². The fraction of sp³-hybridized carbons (Fsp3) is 0.364. The lowest BCUT2D eigenvalue weighted by Gasteiger charge is -2.00. The highest BCUT2D eigenvalue weighted by Crippen LogP contribution is 2.28. The molecule has 1 aliphatic rings. The second-order valence-corrected chi connectivity index (χ2v) is 6.02. The minimum Gasteiger partial charge on any atom is -0.258 e. The van der Waals surface area contributed by atoms with Gasteiger partial charge in [-0.3, -0.25) is 10.1 Å². The first-order valence-corrected chi connectivity index (χ1v) is 7.21. The third-order valence-electron chi connectivity index (χ3n) is 2.50. The summed E-state index contributed by atoms with van der Waals surface area (Å²) in [6.07, 6.45) is 0. The van der Waals surface area contributed by atoms with Crippen LogP contribution in [0.15, 0.2) is 24.3 Å². The van der Waals surface area contributed by atoms with Crippen LogP contribution in [0, 0.1) is 10.1 Å². The van der Waals surface area contributed by atoms with E-state index in [9.17, 15) is 10.1 Å². The number of nitro benzene ring substituents is 1. The monoisotopic (exact) mass is 269 g/mol. The quantitative estimate of drug-likeness (QED) is 0.480. The van der Waals surface area contributed by atoms with E-state index >= 15 is 0 Å². The molecule has 2 rings (SSSR count). The number of benzene rings is 1. The summed E-state index contributed by atoms with van der Waals surface area (Å²) in [5.41, 5.74) is 1.00. The Bertz CT molecular complexity index is 474. The Balaban J connectivity index is 2.09. The van der Waals surface area contributed by atoms with E-state index in [1.54, 1.807) is 23.9 Å². The van der Waals surface area contributed by atoms with E-state index in [0.717, 1.165) is 17.9 Å². The minimum atomic E-state index is -0.313. The molecule has 1 aliphatic heterocycles. The normalized spacial score (nSPS) is 15.4. The molecule has 4 nitrogen and oxygen atoms in total. The molecule has 1 heterocycles. The van der Waals surface area contributed by atoms with Gasteiger partial charge in [-0.2, -0.15) is 0 Å². The van der Waals surface area contributed by atoms with Crippen molar-refractivity contribution in [3.63, 3.8) is 0 Å². The van der Waals surface area contributed by atoms with Crippen molar-refractivity contribution in [1.29, 1.82) is 0 Å². The van der Waals surface area contributed by atoms with Crippen LogP contribution in [0.3, 0.4) is 0 Å². The number of thioether (sulfide) groups is 2. The lowest BCUT2D eigenvalue weighted by molar-refractivity contribution is -0.483. The number of nitrogens with zero attached hydrogens (tertiary/aromatic N) is 2. The molecule has 0 aliphatic carbocycles. The molecule has 0 amide bonds. The first kappa shape index (κ1) is 12.4. The van der Waals surface area contributed by atoms with Gasteiger partial charge in [0.25, 0.3) is 10.1 Å². The number of rotatable bonds is 3. The van der Waals surface area contributed by atoms with E-state index in [2.05, 4.69) is 11.6 Å². The van der Waals surface area contributed by atoms with E-state index in [0.29, 0.717) is 5.75 Å². The van der Waals surface area contributed by atoms with Gasteiger partial charge >= 0.3 is 0 Å². The number of hydrogen-bond donors (Lipinski definition) is 0. The third-order valence-corrected chi connectivity index (χ3v) is 5.17. The standard InChI is InChI=1S/C11H13N2O2S2/c1-12-6-7-16-11(12)17-8-9-4-2-3-5-10(9)13(14)15/h2-5H,6-8H2,1H3/q+1. The third kappa shape index (κ3) is 3.01. The Morgan fingerprint density at radius 2 is 2.29 bits per heavy atom. The largest absolute Gasteiger partial charge is 0.273 e. The minimum absolute atomic E-state index is 0.214. The molecule has 1 aromatic carbocycles. The van der Waals surface area contributed by atoms with Crippen LogP contribution < -0.4 is 0 Å². The van der Waals surface area contributed by atoms with Gasteiger partial charge in [0.15, 0.2) is 6.54 Å². The SMILES string of the molecule is C[N+]1=C(SCc2ccccc2[N+](=O)[O-])SCC1. The molecule has 0 saturated heterocycles. The highest BCUT2D eigenvalue weighted by atomic mass is 32.2. The van der Waals surface area contributed by atoms with Gasteiger partial charge in [-0.05, 0) is 23.5 Å². The van der Waals surface area contributed by atoms with Crippen LogP contribution >= 0.6 is 23.5 Å². The van der Waals surface area contributed by atoms with Crippen molar-refractivity contribution in [3.8, 4) is 0 Å². The first-order chi connectivity index (χ1) is 8.18. The maximum atomic E-state index is 10.9. The molecule has 0 aromatic heterocycles. The summed E-state index contributed by atoms with van der Waals surface area (Å²) in [5.74, 6) is 1.76. The zero-order chi connectivity index (χ0) is 12.3. The van der Waals surface area contributed by atoms with Gasteiger partial charge in [-0.1, -0.05) is 18.2 Å². The molecule has 0 bridgehead atoms. The van der Waals surface area contributed by atoms with Crippen molar-refractivity contribution in [2.24, 2.45) is 0 Å². The van der Waals surface area contributed by atoms with E-state index in [4.69, 9.17) is 0 Å². The average Bonchev–Trinajstić information content (AvgIpc) is 2.72. The molecule has 0 spiro atoms. The van der Waals surface area contributed by atoms with E-state index in [1.165, 1.54) is 4.38 Å². The Hall–Kier alpha value is -1.01. The molecule has 1 aromatic rings. The van der Waals surface area contributed by atoms with Crippen molar-refractivity contribution < 1.29 is 9.50 Å². The first-order valence-electron chi connectivity index (χ1n) is 5.24. The summed E-state index contributed by atoms with van der Waals surface area (Å²) in [6, 6.07) is 6.94. The van der Waals surface area contributed by atoms with Gasteiger partial charge in [0, 0.05) is 17.4 Å². The van der Waals surface area contributed by atoms with Crippen LogP contribution in [0.1, 0.15) is 5.56 Å². The molecule has 6 heteroatoms. The van der Waals surface area contributed by atoms with Crippen LogP contribution in [0.25, 0.3) is 0 Å². The topological polar surface area (TPSA) is 46.1 Å². The summed E-state index contributed by atoms with van der Waals surface area (Å²) in [6.45, 7) is 1.06. The zero-order valence-electron chi connectivity index (χ0n) is 9.46. The Kier molecular flexibility index (Phi) is 4.06. The molecule has 17 heavy (non-hydrogen) atoms. The number of para-hydroxylation sites is 1. The predicted octanol–water partition coefficient (Wildman–Crippen LogP) is 2.57. The molecule has 0 unspecified atom stereocenters. The van der Waals surface area contributed by atoms with Gasteiger partial charge in [-0.25, -0.2) is 4.58 Å². The maximum absolute atomic E-state index is 10.9. The lowest BCUT2D eigenvalue weighted by Crippen LogP contribution is -2.06. The van der Waals surface area contributed by atoms with Crippen molar-refractivity contribution in [3.05, 3.63) is 39.9 Å². The second-order valence-electron chi connectivity index (χ2n) is 3.71. The smallest absolute Gasteiger partial charge is 0.258 e. The number of hydrogen-bond acceptors (Lipinski definition) is 4. The molecular weight excluding hydrogens is 256 g/mol. The van der Waals surface area contributed by atoms with Crippen LogP contribution in [0.4, 0.5) is 5.69 Å². The molecule has 0 N–H and O–H groups in total. The number of nitro groups is 1. The van der Waals surface area contributed by atoms with Gasteiger partial charge in [0.2, 0.25) is 0 Å². The molecule has 90 valence electrons. The van der Waals surface area contributed by atoms with E-state index in [-0.39, 0.29) is 10.6 Å². The van der Waals surface area contributed by atoms with Crippen LogP contribution in [0.2, 0.25) is 0 Å². The molecule has 0 atom stereocenters. The van der Waals surface area contributed by atoms with Gasteiger partial charge in [0.1, 0.15) is 7.05 Å². The molecule has 0 fully saturated rings. The highest BCUT2D eigenvalue weighted by Gasteiger charge is 2.21. The second kappa shape index (κ2) is 5.55. The van der Waals surface area contributed by atoms with Gasteiger partial charge < -0.3 is 0 Å². The lowest BCUT2D eigenvalue weighted by atomic mass is 10.2. The fourth-order valence-corrected chi connectivity index (χ4v) is 4.02. The van der Waals surface area contributed by atoms with Crippen molar-refractivity contribution in [1.82, 2.24) is 0 Å². The summed E-state index contributed by atoms with van der Waals surface area (Å²) in [4.78, 5) is 10.5. The summed E-state index contributed by atoms with van der Waals surface area (Å²) in [5, 5.41) is 10.9. The maximum Gasteiger partial charge on any atom is 0.273 e. The van der Waals surface area contributed by atoms with E-state index in [1.807, 2.05) is 23.9 Å². The molecule has 0 radical (unpaired) electrons. The molecule has 0 saturated carbocycles. The van der Waals surface area contributed by atoms with Crippen molar-refractivity contribution in [2.75, 3.05) is 19.3 Å². The van der Waals surface area contributed by atoms with E-state index < -0.39 is 0 Å². The Labute approximate surface area is 108 Å². The summed E-state index contributed by atoms with van der Waals surface area (Å²) in [7, 11) is 2.06. The zero-order valence-corrected chi connectivity index (χ0v) is 11.1. The average molecular weight is 269 g/mol. The predicted molar refractivity (Wildman–Crippen MR) is 72.9 cm³/mol.